The number of nitrogens with zero attached hydrogens (tertiary/aromatic N) is 1. The number of benzene rings is 1. The van der Waals surface area contributed by atoms with Gasteiger partial charge in [0.15, 0.2) is 0 Å². The van der Waals surface area contributed by atoms with Gasteiger partial charge in [0, 0.05) is 19.1 Å². The van der Waals surface area contributed by atoms with Crippen molar-refractivity contribution in [2.75, 3.05) is 40.9 Å². The molecule has 32 heavy (non-hydrogen) atoms. The first kappa shape index (κ1) is 30.1. The number of quaternary nitrogens is 1. The molecule has 0 aromatic heterocycles. The fraction of sp³-hybridized carbons (Fsp3) is 0.692. The number of hydrogen-bond donors (Lipinski definition) is 0. The highest BCUT2D eigenvalue weighted by Gasteiger charge is 2.06. The molecule has 0 aliphatic carbocycles. The van der Waals surface area contributed by atoms with Crippen LogP contribution in [0.3, 0.4) is 0 Å². The summed E-state index contributed by atoms with van der Waals surface area (Å²) in [7, 11) is 6.64. The van der Waals surface area contributed by atoms with Gasteiger partial charge in [-0.25, -0.2) is 0 Å². The lowest BCUT2D eigenvalue weighted by atomic mass is 10.1. The molecule has 0 radical (unpaired) electrons. The predicted molar refractivity (Wildman–Crippen MR) is 128 cm³/mol. The van der Waals surface area contributed by atoms with E-state index in [2.05, 4.69) is 32.8 Å². The van der Waals surface area contributed by atoms with Crippen molar-refractivity contribution in [2.45, 2.75) is 78.1 Å². The van der Waals surface area contributed by atoms with E-state index in [0.29, 0.717) is 0 Å². The maximum atomic E-state index is 10.6. The topological polar surface area (TPSA) is 75.7 Å². The van der Waals surface area contributed by atoms with Crippen LogP contribution >= 0.6 is 0 Å². The Balaban J connectivity index is 0.000000641. The average molecular weight is 452 g/mol. The first-order valence-corrected chi connectivity index (χ1v) is 12.0. The quantitative estimate of drug-likeness (QED) is 0.159. The predicted octanol–water partition coefficient (Wildman–Crippen LogP) is 4.61. The molecule has 0 saturated carbocycles. The molecule has 6 heteroatoms. The molecule has 0 saturated heterocycles. The lowest BCUT2D eigenvalue weighted by molar-refractivity contribution is -0.870. The van der Waals surface area contributed by atoms with E-state index in [1.165, 1.54) is 89.3 Å². The van der Waals surface area contributed by atoms with E-state index in [1.54, 1.807) is 6.07 Å². The molecule has 0 aliphatic heterocycles. The number of unbranched alkanes of at least 4 members (excludes halogenated alkanes) is 9. The number of likely N-dealkylation sites (N-methyl/N-ethyl adjacent to an activating group) is 1. The summed E-state index contributed by atoms with van der Waals surface area (Å²) in [6.07, 6.45) is 14.0. The molecule has 1 aromatic carbocycles. The third-order valence-electron chi connectivity index (χ3n) is 4.91. The van der Waals surface area contributed by atoms with Gasteiger partial charge < -0.3 is 23.9 Å². The Morgan fingerprint density at radius 2 is 1.38 bits per heavy atom. The number of rotatable bonds is 16. The molecule has 0 N–H and O–H groups in total. The monoisotopic (exact) mass is 451 g/mol. The lowest BCUT2D eigenvalue weighted by Gasteiger charge is -2.23. The zero-order valence-electron chi connectivity index (χ0n) is 21.0. The van der Waals surface area contributed by atoms with E-state index in [-0.39, 0.29) is 11.3 Å². The summed E-state index contributed by atoms with van der Waals surface area (Å²) in [4.78, 5) is 21.1. The fourth-order valence-electron chi connectivity index (χ4n) is 3.01. The van der Waals surface area contributed by atoms with Gasteiger partial charge in [0.1, 0.15) is 12.3 Å². The highest BCUT2D eigenvalue weighted by atomic mass is 16.5. The maximum Gasteiger partial charge on any atom is 0.308 e. The van der Waals surface area contributed by atoms with Gasteiger partial charge >= 0.3 is 5.97 Å². The Morgan fingerprint density at radius 1 is 0.844 bits per heavy atom. The van der Waals surface area contributed by atoms with Gasteiger partial charge in [-0.2, -0.15) is 0 Å². The van der Waals surface area contributed by atoms with Crippen LogP contribution in [0.2, 0.25) is 0 Å². The number of carbonyl (C=O) groups is 2. The van der Waals surface area contributed by atoms with Crippen molar-refractivity contribution in [3.05, 3.63) is 29.8 Å². The molecule has 0 amide bonds. The van der Waals surface area contributed by atoms with Crippen molar-refractivity contribution in [3.63, 3.8) is 0 Å². The molecule has 1 aromatic rings. The molecule has 0 bridgehead atoms. The number of ether oxygens (including phenoxy) is 2. The molecule has 0 spiro atoms. The summed E-state index contributed by atoms with van der Waals surface area (Å²) in [5.41, 5.74) is -0.127. The molecule has 0 unspecified atom stereocenters. The number of hydrogen-bond acceptors (Lipinski definition) is 5. The number of esters is 1. The lowest BCUT2D eigenvalue weighted by Crippen LogP contribution is -2.37. The van der Waals surface area contributed by atoms with Crippen molar-refractivity contribution in [1.82, 2.24) is 0 Å². The van der Waals surface area contributed by atoms with Gasteiger partial charge in [-0.15, -0.1) is 0 Å². The second kappa shape index (κ2) is 18.6. The first-order chi connectivity index (χ1) is 15.2. The van der Waals surface area contributed by atoms with E-state index < -0.39 is 11.9 Å². The second-order valence-corrected chi connectivity index (χ2v) is 9.19. The molecule has 0 aliphatic rings. The third-order valence-corrected chi connectivity index (χ3v) is 4.91. The largest absolute Gasteiger partial charge is 0.545 e. The maximum absolute atomic E-state index is 10.6. The standard InChI is InChI=1S/C17H38NO.C9H8O4/c1-5-6-7-8-9-10-11-12-13-14-16-19-17-15-18(2,3)4;1-6(10)13-8-5-3-2-4-7(8)9(11)12/h5-17H2,1-4H3;2-5H,1H3,(H,11,12)/q+1;/p-1. The zero-order valence-corrected chi connectivity index (χ0v) is 21.0. The minimum Gasteiger partial charge on any atom is -0.545 e. The highest BCUT2D eigenvalue weighted by molar-refractivity contribution is 5.90. The van der Waals surface area contributed by atoms with Gasteiger partial charge in [0.25, 0.3) is 0 Å². The third kappa shape index (κ3) is 18.8. The van der Waals surface area contributed by atoms with Crippen LogP contribution in [0.5, 0.6) is 5.75 Å². The summed E-state index contributed by atoms with van der Waals surface area (Å²) in [5, 5.41) is 10.5. The van der Waals surface area contributed by atoms with Crippen molar-refractivity contribution < 1.29 is 28.7 Å². The van der Waals surface area contributed by atoms with Crippen molar-refractivity contribution >= 4 is 11.9 Å². The minimum absolute atomic E-state index is 0.00926. The smallest absolute Gasteiger partial charge is 0.308 e. The second-order valence-electron chi connectivity index (χ2n) is 9.19. The number of carboxylic acids is 1. The molecule has 0 fully saturated rings. The van der Waals surface area contributed by atoms with Gasteiger partial charge in [-0.1, -0.05) is 76.8 Å². The normalized spacial score (nSPS) is 10.9. The van der Waals surface area contributed by atoms with Crippen LogP contribution in [0.1, 0.15) is 88.4 Å². The average Bonchev–Trinajstić information content (AvgIpc) is 2.71. The fourth-order valence-corrected chi connectivity index (χ4v) is 3.01. The van der Waals surface area contributed by atoms with E-state index in [1.807, 2.05) is 0 Å². The number of carboxylic acid groups (broad SMARTS) is 1. The SMILES string of the molecule is CC(=O)Oc1ccccc1C(=O)[O-].CCCCCCCCCCCCOCC[N+](C)(C)C. The number of carbonyl (C=O) groups excluding carboxylic acids is 2. The molecule has 1 rings (SSSR count). The Hall–Kier alpha value is -1.92. The summed E-state index contributed by atoms with van der Waals surface area (Å²) in [6, 6.07) is 5.81. The van der Waals surface area contributed by atoms with Crippen LogP contribution in [0, 0.1) is 0 Å². The van der Waals surface area contributed by atoms with Crippen LogP contribution in [-0.2, 0) is 9.53 Å². The van der Waals surface area contributed by atoms with Crippen molar-refractivity contribution in [2.24, 2.45) is 0 Å². The van der Waals surface area contributed by atoms with Crippen LogP contribution in [0.25, 0.3) is 0 Å². The van der Waals surface area contributed by atoms with E-state index in [0.717, 1.165) is 24.2 Å². The van der Waals surface area contributed by atoms with Crippen molar-refractivity contribution in [1.29, 1.82) is 0 Å². The van der Waals surface area contributed by atoms with Crippen LogP contribution < -0.4 is 9.84 Å². The number of aromatic carboxylic acids is 1. The summed E-state index contributed by atoms with van der Waals surface area (Å²) in [5.74, 6) is -1.92. The Bertz CT molecular complexity index is 625. The molecule has 0 atom stereocenters. The van der Waals surface area contributed by atoms with Gasteiger partial charge in [0.05, 0.1) is 33.7 Å². The number of para-hydroxylation sites is 1. The molecule has 184 valence electrons. The molecular formula is C26H45NO5. The molecule has 0 heterocycles. The van der Waals surface area contributed by atoms with E-state index in [9.17, 15) is 14.7 Å². The van der Waals surface area contributed by atoms with Crippen molar-refractivity contribution in [3.8, 4) is 5.75 Å². The van der Waals surface area contributed by atoms with E-state index in [4.69, 9.17) is 4.74 Å². The zero-order chi connectivity index (χ0) is 24.2. The van der Waals surface area contributed by atoms with Crippen LogP contribution in [-0.4, -0.2) is 57.3 Å². The minimum atomic E-state index is -1.36. The Morgan fingerprint density at radius 3 is 1.88 bits per heavy atom. The van der Waals surface area contributed by atoms with Gasteiger partial charge in [-0.05, 0) is 18.6 Å². The summed E-state index contributed by atoms with van der Waals surface area (Å²) in [6.45, 7) is 6.45. The van der Waals surface area contributed by atoms with Crippen LogP contribution in [0.4, 0.5) is 0 Å². The first-order valence-electron chi connectivity index (χ1n) is 12.0. The molecule has 6 nitrogen and oxygen atoms in total. The highest BCUT2D eigenvalue weighted by Crippen LogP contribution is 2.16. The van der Waals surface area contributed by atoms with E-state index >= 15 is 0 Å². The Labute approximate surface area is 195 Å². The van der Waals surface area contributed by atoms with Gasteiger partial charge in [0.2, 0.25) is 0 Å². The Kier molecular flexibility index (Phi) is 17.5. The summed E-state index contributed by atoms with van der Waals surface area (Å²) >= 11 is 0. The van der Waals surface area contributed by atoms with Crippen LogP contribution in [0.15, 0.2) is 24.3 Å². The molecular weight excluding hydrogens is 406 g/mol. The van der Waals surface area contributed by atoms with Gasteiger partial charge in [-0.3, -0.25) is 4.79 Å². The summed E-state index contributed by atoms with van der Waals surface area (Å²) < 4.78 is 11.3.